The highest BCUT2D eigenvalue weighted by molar-refractivity contribution is 7.90. The Morgan fingerprint density at radius 2 is 1.86 bits per heavy atom. The van der Waals surface area contributed by atoms with Crippen LogP contribution >= 0.6 is 11.5 Å². The van der Waals surface area contributed by atoms with Crippen LogP contribution in [0.2, 0.25) is 0 Å². The summed E-state index contributed by atoms with van der Waals surface area (Å²) in [6, 6.07) is 9.93. The number of hydrogen-bond acceptors (Lipinski definition) is 6. The summed E-state index contributed by atoms with van der Waals surface area (Å²) in [5.74, 6) is 0. The van der Waals surface area contributed by atoms with Gasteiger partial charge in [-0.05, 0) is 35.3 Å². The van der Waals surface area contributed by atoms with Crippen molar-refractivity contribution in [2.75, 3.05) is 6.26 Å². The number of aromatic nitrogens is 3. The van der Waals surface area contributed by atoms with E-state index in [2.05, 4.69) is 9.59 Å². The molecule has 0 atom stereocenters. The van der Waals surface area contributed by atoms with Gasteiger partial charge >= 0.3 is 0 Å². The molecule has 0 unspecified atom stereocenters. The van der Waals surface area contributed by atoms with E-state index in [0.717, 1.165) is 10.4 Å². The Balaban J connectivity index is 2.06. The van der Waals surface area contributed by atoms with Gasteiger partial charge in [0.15, 0.2) is 22.2 Å². The van der Waals surface area contributed by atoms with Crippen molar-refractivity contribution in [3.05, 3.63) is 54.0 Å². The highest BCUT2D eigenvalue weighted by atomic mass is 32.2. The monoisotopic (exact) mass is 333 g/mol. The summed E-state index contributed by atoms with van der Waals surface area (Å²) >= 11 is 1.19. The fourth-order valence-electron chi connectivity index (χ4n) is 2.02. The third-order valence-corrected chi connectivity index (χ3v) is 4.98. The molecule has 0 aliphatic rings. The van der Waals surface area contributed by atoms with E-state index in [9.17, 15) is 13.6 Å². The van der Waals surface area contributed by atoms with E-state index in [0.29, 0.717) is 16.0 Å². The second kappa shape index (κ2) is 5.47. The highest BCUT2D eigenvalue weighted by Gasteiger charge is 2.15. The molecule has 0 saturated heterocycles. The first-order valence-electron chi connectivity index (χ1n) is 6.27. The topological polar surface area (TPSA) is 86.9 Å². The molecule has 22 heavy (non-hydrogen) atoms. The van der Waals surface area contributed by atoms with Crippen molar-refractivity contribution >= 4 is 21.4 Å². The van der Waals surface area contributed by atoms with E-state index in [1.165, 1.54) is 30.2 Å². The van der Waals surface area contributed by atoms with Crippen LogP contribution in [0.25, 0.3) is 21.7 Å². The summed E-state index contributed by atoms with van der Waals surface area (Å²) in [6.45, 7) is 0. The average molecular weight is 333 g/mol. The van der Waals surface area contributed by atoms with Gasteiger partial charge in [-0.25, -0.2) is 8.42 Å². The van der Waals surface area contributed by atoms with Crippen molar-refractivity contribution in [3.63, 3.8) is 0 Å². The molecule has 0 fully saturated rings. The standard InChI is InChI=1S/C14H11N3O3S2/c1-22(19,20)12-6-4-10(5-7-12)14-13(15-16-21-14)11-3-2-8-17(18)9-11/h2-9H,1H3. The lowest BCUT2D eigenvalue weighted by molar-refractivity contribution is -0.604. The van der Waals surface area contributed by atoms with Crippen molar-refractivity contribution in [1.82, 2.24) is 9.59 Å². The van der Waals surface area contributed by atoms with Gasteiger partial charge in [-0.15, -0.1) is 5.10 Å². The van der Waals surface area contributed by atoms with Crippen LogP contribution in [-0.4, -0.2) is 24.3 Å². The fraction of sp³-hybridized carbons (Fsp3) is 0.0714. The third-order valence-electron chi connectivity index (χ3n) is 3.08. The number of pyridine rings is 1. The maximum Gasteiger partial charge on any atom is 0.189 e. The van der Waals surface area contributed by atoms with E-state index in [1.54, 1.807) is 36.4 Å². The smallest absolute Gasteiger partial charge is 0.189 e. The van der Waals surface area contributed by atoms with E-state index >= 15 is 0 Å². The highest BCUT2D eigenvalue weighted by Crippen LogP contribution is 2.33. The van der Waals surface area contributed by atoms with Crippen LogP contribution in [0.15, 0.2) is 53.7 Å². The van der Waals surface area contributed by atoms with Gasteiger partial charge in [0.25, 0.3) is 0 Å². The Kier molecular flexibility index (Phi) is 3.63. The van der Waals surface area contributed by atoms with Gasteiger partial charge in [-0.2, -0.15) is 4.73 Å². The largest absolute Gasteiger partial charge is 0.619 e. The number of sulfone groups is 1. The van der Waals surface area contributed by atoms with Gasteiger partial charge in [0.05, 0.1) is 15.3 Å². The van der Waals surface area contributed by atoms with Gasteiger partial charge in [0.1, 0.15) is 5.69 Å². The molecule has 0 radical (unpaired) electrons. The zero-order valence-corrected chi connectivity index (χ0v) is 13.1. The van der Waals surface area contributed by atoms with Crippen LogP contribution in [0.5, 0.6) is 0 Å². The first-order valence-corrected chi connectivity index (χ1v) is 8.94. The van der Waals surface area contributed by atoms with Crippen molar-refractivity contribution in [1.29, 1.82) is 0 Å². The molecule has 0 N–H and O–H groups in total. The van der Waals surface area contributed by atoms with E-state index < -0.39 is 9.84 Å². The number of hydrogen-bond donors (Lipinski definition) is 0. The lowest BCUT2D eigenvalue weighted by Crippen LogP contribution is -2.24. The predicted octanol–water partition coefficient (Wildman–Crippen LogP) is 1.91. The third kappa shape index (κ3) is 2.83. The average Bonchev–Trinajstić information content (AvgIpc) is 2.96. The maximum absolute atomic E-state index is 11.5. The Labute approximate surface area is 131 Å². The first-order chi connectivity index (χ1) is 10.4. The summed E-state index contributed by atoms with van der Waals surface area (Å²) in [7, 11) is -3.23. The van der Waals surface area contributed by atoms with Gasteiger partial charge in [-0.1, -0.05) is 16.6 Å². The minimum atomic E-state index is -3.23. The number of benzene rings is 1. The van der Waals surface area contributed by atoms with E-state index in [1.807, 2.05) is 0 Å². The summed E-state index contributed by atoms with van der Waals surface area (Å²) in [6.07, 6.45) is 3.98. The molecule has 3 aromatic rings. The SMILES string of the molecule is CS(=O)(=O)c1ccc(-c2snnc2-c2ccc[n+]([O-])c2)cc1. The molecule has 2 heterocycles. The van der Waals surface area contributed by atoms with Crippen LogP contribution in [0.3, 0.4) is 0 Å². The van der Waals surface area contributed by atoms with Crippen molar-refractivity contribution < 1.29 is 13.1 Å². The quantitative estimate of drug-likeness (QED) is 0.540. The number of nitrogens with zero attached hydrogens (tertiary/aromatic N) is 3. The molecule has 0 saturated carbocycles. The molecule has 0 aliphatic heterocycles. The van der Waals surface area contributed by atoms with Gasteiger partial charge < -0.3 is 5.21 Å². The van der Waals surface area contributed by atoms with Crippen LogP contribution < -0.4 is 4.73 Å². The van der Waals surface area contributed by atoms with Crippen LogP contribution in [-0.2, 0) is 9.84 Å². The molecule has 0 amide bonds. The molecule has 0 spiro atoms. The molecule has 8 heteroatoms. The molecule has 3 rings (SSSR count). The van der Waals surface area contributed by atoms with Crippen LogP contribution in [0, 0.1) is 5.21 Å². The van der Waals surface area contributed by atoms with Crippen LogP contribution in [0.4, 0.5) is 0 Å². The first kappa shape index (κ1) is 14.6. The van der Waals surface area contributed by atoms with Crippen molar-refractivity contribution in [2.45, 2.75) is 4.90 Å². The molecular weight excluding hydrogens is 322 g/mol. The Morgan fingerprint density at radius 3 is 2.50 bits per heavy atom. The minimum Gasteiger partial charge on any atom is -0.619 e. The zero-order chi connectivity index (χ0) is 15.7. The van der Waals surface area contributed by atoms with Crippen molar-refractivity contribution in [2.24, 2.45) is 0 Å². The van der Waals surface area contributed by atoms with E-state index in [-0.39, 0.29) is 4.90 Å². The Bertz CT molecular complexity index is 919. The zero-order valence-electron chi connectivity index (χ0n) is 11.5. The summed E-state index contributed by atoms with van der Waals surface area (Å²) in [4.78, 5) is 1.04. The summed E-state index contributed by atoms with van der Waals surface area (Å²) in [5, 5.41) is 15.5. The molecule has 2 aromatic heterocycles. The second-order valence-electron chi connectivity index (χ2n) is 4.70. The minimum absolute atomic E-state index is 0.257. The van der Waals surface area contributed by atoms with E-state index in [4.69, 9.17) is 0 Å². The second-order valence-corrected chi connectivity index (χ2v) is 7.47. The lowest BCUT2D eigenvalue weighted by atomic mass is 10.1. The Hall–Kier alpha value is -2.32. The number of rotatable bonds is 3. The van der Waals surface area contributed by atoms with Gasteiger partial charge in [0, 0.05) is 12.3 Å². The van der Waals surface area contributed by atoms with Gasteiger partial charge in [-0.3, -0.25) is 0 Å². The fourth-order valence-corrected chi connectivity index (χ4v) is 3.34. The summed E-state index contributed by atoms with van der Waals surface area (Å²) in [5.41, 5.74) is 2.06. The Morgan fingerprint density at radius 1 is 1.14 bits per heavy atom. The van der Waals surface area contributed by atoms with Gasteiger partial charge in [0.2, 0.25) is 0 Å². The predicted molar refractivity (Wildman–Crippen MR) is 82.9 cm³/mol. The maximum atomic E-state index is 11.5. The molecule has 112 valence electrons. The molecule has 1 aromatic carbocycles. The van der Waals surface area contributed by atoms with Crippen molar-refractivity contribution in [3.8, 4) is 21.7 Å². The molecular formula is C14H11N3O3S2. The normalized spacial score (nSPS) is 11.5. The molecule has 0 bridgehead atoms. The lowest BCUT2D eigenvalue weighted by Gasteiger charge is -2.03. The molecule has 0 aliphatic carbocycles. The molecule has 6 nitrogen and oxygen atoms in total. The summed E-state index contributed by atoms with van der Waals surface area (Å²) < 4.78 is 27.6. The van der Waals surface area contributed by atoms with Crippen LogP contribution in [0.1, 0.15) is 0 Å².